The van der Waals surface area contributed by atoms with Gasteiger partial charge in [0.15, 0.2) is 0 Å². The fourth-order valence-electron chi connectivity index (χ4n) is 0.949. The van der Waals surface area contributed by atoms with Crippen LogP contribution in [0.25, 0.3) is 0 Å². The summed E-state index contributed by atoms with van der Waals surface area (Å²) in [4.78, 5) is 10.6. The Labute approximate surface area is 86.1 Å². The zero-order valence-electron chi connectivity index (χ0n) is 8.96. The minimum absolute atomic E-state index is 0.365. The first-order valence-electron chi connectivity index (χ1n) is 5.18. The molecule has 0 aliphatic rings. The topological polar surface area (TPSA) is 35.5 Å². The van der Waals surface area contributed by atoms with Crippen LogP contribution in [0, 0.1) is 0 Å². The quantitative estimate of drug-likeness (QED) is 0.325. The lowest BCUT2D eigenvalue weighted by Gasteiger charge is -2.03. The van der Waals surface area contributed by atoms with E-state index in [0.717, 1.165) is 19.4 Å². The third-order valence-electron chi connectivity index (χ3n) is 1.74. The van der Waals surface area contributed by atoms with Gasteiger partial charge >= 0.3 is 5.97 Å². The monoisotopic (exact) mass is 200 g/mol. The molecular formula is C11H20O3. The Bertz CT molecular complexity index is 155. The maximum atomic E-state index is 10.6. The number of ether oxygens (including phenoxy) is 2. The summed E-state index contributed by atoms with van der Waals surface area (Å²) >= 11 is 0. The Kier molecular flexibility index (Phi) is 9.64. The maximum absolute atomic E-state index is 10.6. The minimum Gasteiger partial charge on any atom is -0.462 e. The molecule has 0 radical (unpaired) electrons. The van der Waals surface area contributed by atoms with Crippen molar-refractivity contribution in [1.82, 2.24) is 0 Å². The van der Waals surface area contributed by atoms with Crippen LogP contribution in [0.5, 0.6) is 0 Å². The Balaban J connectivity index is 2.99. The van der Waals surface area contributed by atoms with Crippen LogP contribution < -0.4 is 0 Å². The van der Waals surface area contributed by atoms with Gasteiger partial charge in [-0.05, 0) is 6.42 Å². The molecule has 82 valence electrons. The van der Waals surface area contributed by atoms with Crippen LogP contribution in [0.3, 0.4) is 0 Å². The molecular weight excluding hydrogens is 180 g/mol. The molecule has 0 aromatic carbocycles. The fraction of sp³-hybridized carbons (Fsp3) is 0.727. The molecule has 0 unspecified atom stereocenters. The molecule has 0 aliphatic heterocycles. The van der Waals surface area contributed by atoms with Gasteiger partial charge in [-0.3, -0.25) is 0 Å². The summed E-state index contributed by atoms with van der Waals surface area (Å²) in [5.74, 6) is -0.365. The van der Waals surface area contributed by atoms with E-state index in [-0.39, 0.29) is 5.97 Å². The van der Waals surface area contributed by atoms with Crippen molar-refractivity contribution in [3.05, 3.63) is 12.7 Å². The summed E-state index contributed by atoms with van der Waals surface area (Å²) in [5, 5.41) is 0. The molecule has 14 heavy (non-hydrogen) atoms. The SMILES string of the molecule is C=CC(=O)OCCCOCCCCC. The molecule has 0 saturated heterocycles. The van der Waals surface area contributed by atoms with E-state index in [1.807, 2.05) is 0 Å². The Morgan fingerprint density at radius 3 is 2.57 bits per heavy atom. The van der Waals surface area contributed by atoms with Crippen LogP contribution in [-0.2, 0) is 14.3 Å². The summed E-state index contributed by atoms with van der Waals surface area (Å²) in [7, 11) is 0. The zero-order chi connectivity index (χ0) is 10.6. The average molecular weight is 200 g/mol. The molecule has 0 aromatic heterocycles. The van der Waals surface area contributed by atoms with Crippen molar-refractivity contribution in [3.63, 3.8) is 0 Å². The van der Waals surface area contributed by atoms with E-state index in [1.165, 1.54) is 18.9 Å². The molecule has 0 fully saturated rings. The summed E-state index contributed by atoms with van der Waals surface area (Å²) in [5.41, 5.74) is 0. The predicted molar refractivity (Wildman–Crippen MR) is 56.1 cm³/mol. The maximum Gasteiger partial charge on any atom is 0.330 e. The molecule has 3 nitrogen and oxygen atoms in total. The number of rotatable bonds is 9. The van der Waals surface area contributed by atoms with Gasteiger partial charge in [0.1, 0.15) is 0 Å². The number of carbonyl (C=O) groups excluding carboxylic acids is 1. The Hall–Kier alpha value is -0.830. The minimum atomic E-state index is -0.365. The van der Waals surface area contributed by atoms with E-state index in [0.29, 0.717) is 13.2 Å². The van der Waals surface area contributed by atoms with Gasteiger partial charge in [-0.2, -0.15) is 0 Å². The van der Waals surface area contributed by atoms with Crippen LogP contribution >= 0.6 is 0 Å². The number of carbonyl (C=O) groups is 1. The highest BCUT2D eigenvalue weighted by Gasteiger charge is 1.94. The van der Waals surface area contributed by atoms with E-state index >= 15 is 0 Å². The highest BCUT2D eigenvalue weighted by atomic mass is 16.5. The number of hydrogen-bond acceptors (Lipinski definition) is 3. The standard InChI is InChI=1S/C11H20O3/c1-3-5-6-8-13-9-7-10-14-11(12)4-2/h4H,2-3,5-10H2,1H3. The number of esters is 1. The largest absolute Gasteiger partial charge is 0.462 e. The molecule has 0 rings (SSSR count). The summed E-state index contributed by atoms with van der Waals surface area (Å²) in [6.07, 6.45) is 5.46. The van der Waals surface area contributed by atoms with Gasteiger partial charge in [-0.25, -0.2) is 4.79 Å². The summed E-state index contributed by atoms with van der Waals surface area (Å²) in [6, 6.07) is 0. The molecule has 0 bridgehead atoms. The highest BCUT2D eigenvalue weighted by Crippen LogP contribution is 1.95. The van der Waals surface area contributed by atoms with Gasteiger partial charge in [0.25, 0.3) is 0 Å². The van der Waals surface area contributed by atoms with Crippen molar-refractivity contribution in [2.24, 2.45) is 0 Å². The van der Waals surface area contributed by atoms with Crippen molar-refractivity contribution in [2.75, 3.05) is 19.8 Å². The Morgan fingerprint density at radius 2 is 1.93 bits per heavy atom. The van der Waals surface area contributed by atoms with Gasteiger partial charge < -0.3 is 9.47 Å². The van der Waals surface area contributed by atoms with Crippen molar-refractivity contribution in [1.29, 1.82) is 0 Å². The van der Waals surface area contributed by atoms with Gasteiger partial charge in [0, 0.05) is 25.7 Å². The van der Waals surface area contributed by atoms with Crippen LogP contribution in [0.2, 0.25) is 0 Å². The smallest absolute Gasteiger partial charge is 0.330 e. The molecule has 3 heteroatoms. The van der Waals surface area contributed by atoms with Crippen molar-refractivity contribution in [3.8, 4) is 0 Å². The third-order valence-corrected chi connectivity index (χ3v) is 1.74. The van der Waals surface area contributed by atoms with Gasteiger partial charge in [-0.15, -0.1) is 0 Å². The second-order valence-corrected chi connectivity index (χ2v) is 3.04. The molecule has 0 amide bonds. The van der Waals surface area contributed by atoms with Crippen LogP contribution in [0.15, 0.2) is 12.7 Å². The average Bonchev–Trinajstić information content (AvgIpc) is 2.21. The molecule has 0 heterocycles. The number of unbranched alkanes of at least 4 members (excludes halogenated alkanes) is 2. The lowest BCUT2D eigenvalue weighted by Crippen LogP contribution is -2.05. The van der Waals surface area contributed by atoms with Crippen LogP contribution in [0.4, 0.5) is 0 Å². The lowest BCUT2D eigenvalue weighted by atomic mass is 10.3. The first kappa shape index (κ1) is 13.2. The third kappa shape index (κ3) is 9.26. The van der Waals surface area contributed by atoms with Crippen LogP contribution in [-0.4, -0.2) is 25.8 Å². The van der Waals surface area contributed by atoms with E-state index in [4.69, 9.17) is 9.47 Å². The molecule has 0 N–H and O–H groups in total. The van der Waals surface area contributed by atoms with E-state index in [1.54, 1.807) is 0 Å². The normalized spacial score (nSPS) is 9.79. The molecule has 0 aromatic rings. The molecule has 0 atom stereocenters. The molecule has 0 aliphatic carbocycles. The van der Waals surface area contributed by atoms with Gasteiger partial charge in [-0.1, -0.05) is 26.3 Å². The second kappa shape index (κ2) is 10.3. The van der Waals surface area contributed by atoms with E-state index < -0.39 is 0 Å². The first-order valence-corrected chi connectivity index (χ1v) is 5.18. The predicted octanol–water partition coefficient (Wildman–Crippen LogP) is 2.31. The van der Waals surface area contributed by atoms with Gasteiger partial charge in [0.2, 0.25) is 0 Å². The zero-order valence-corrected chi connectivity index (χ0v) is 8.96. The van der Waals surface area contributed by atoms with E-state index in [2.05, 4.69) is 13.5 Å². The van der Waals surface area contributed by atoms with Gasteiger partial charge in [0.05, 0.1) is 6.61 Å². The molecule has 0 spiro atoms. The second-order valence-electron chi connectivity index (χ2n) is 3.04. The fourth-order valence-corrected chi connectivity index (χ4v) is 0.949. The van der Waals surface area contributed by atoms with Crippen molar-refractivity contribution < 1.29 is 14.3 Å². The van der Waals surface area contributed by atoms with Crippen LogP contribution in [0.1, 0.15) is 32.6 Å². The summed E-state index contributed by atoms with van der Waals surface area (Å²) in [6.45, 7) is 7.35. The molecule has 0 saturated carbocycles. The van der Waals surface area contributed by atoms with Crippen molar-refractivity contribution >= 4 is 5.97 Å². The van der Waals surface area contributed by atoms with Crippen molar-refractivity contribution in [2.45, 2.75) is 32.6 Å². The van der Waals surface area contributed by atoms with E-state index in [9.17, 15) is 4.79 Å². The highest BCUT2D eigenvalue weighted by molar-refractivity contribution is 5.81. The lowest BCUT2D eigenvalue weighted by molar-refractivity contribution is -0.138. The summed E-state index contributed by atoms with van der Waals surface area (Å²) < 4.78 is 10.1. The number of hydrogen-bond donors (Lipinski definition) is 0. The first-order chi connectivity index (χ1) is 6.81. The Morgan fingerprint density at radius 1 is 1.21 bits per heavy atom.